The molecule has 0 fully saturated rings. The molecule has 0 bridgehead atoms. The highest BCUT2D eigenvalue weighted by Gasteiger charge is 2.08. The van der Waals surface area contributed by atoms with Gasteiger partial charge in [-0.25, -0.2) is 0 Å². The third-order valence-electron chi connectivity index (χ3n) is 2.63. The van der Waals surface area contributed by atoms with Crippen LogP contribution < -0.4 is 5.32 Å². The minimum atomic E-state index is 0.494. The molecule has 0 unspecified atom stereocenters. The minimum absolute atomic E-state index is 0.494. The number of rotatable bonds is 3. The third kappa shape index (κ3) is 2.98. The zero-order chi connectivity index (χ0) is 11.6. The van der Waals surface area contributed by atoms with Crippen LogP contribution in [0, 0.1) is 13.8 Å². The quantitative estimate of drug-likeness (QED) is 0.778. The monoisotopic (exact) mass is 205 g/mol. The van der Waals surface area contributed by atoms with Gasteiger partial charge >= 0.3 is 0 Å². The molecular weight excluding hydrogens is 182 g/mol. The summed E-state index contributed by atoms with van der Waals surface area (Å²) >= 11 is 0. The van der Waals surface area contributed by atoms with Gasteiger partial charge in [0.25, 0.3) is 0 Å². The van der Waals surface area contributed by atoms with E-state index in [1.54, 1.807) is 0 Å². The Bertz CT molecular complexity index is 314. The molecule has 15 heavy (non-hydrogen) atoms. The Morgan fingerprint density at radius 3 is 1.73 bits per heavy atom. The Balaban J connectivity index is 3.08. The molecule has 0 saturated carbocycles. The summed E-state index contributed by atoms with van der Waals surface area (Å²) in [4.78, 5) is 0. The second kappa shape index (κ2) is 4.69. The zero-order valence-electron chi connectivity index (χ0n) is 10.8. The fourth-order valence-corrected chi connectivity index (χ4v) is 2.30. The zero-order valence-corrected chi connectivity index (χ0v) is 10.8. The molecule has 1 aromatic carbocycles. The van der Waals surface area contributed by atoms with Crippen molar-refractivity contribution >= 4 is 5.69 Å². The highest BCUT2D eigenvalue weighted by atomic mass is 14.9. The van der Waals surface area contributed by atoms with E-state index >= 15 is 0 Å². The first kappa shape index (κ1) is 12.1. The lowest BCUT2D eigenvalue weighted by molar-refractivity contribution is 0.844. The highest BCUT2D eigenvalue weighted by molar-refractivity contribution is 5.53. The van der Waals surface area contributed by atoms with Gasteiger partial charge in [-0.15, -0.1) is 0 Å². The van der Waals surface area contributed by atoms with Crippen LogP contribution in [0.25, 0.3) is 0 Å². The van der Waals surface area contributed by atoms with Gasteiger partial charge in [0.1, 0.15) is 0 Å². The first-order valence-electron chi connectivity index (χ1n) is 5.79. The first-order chi connectivity index (χ1) is 6.91. The van der Waals surface area contributed by atoms with E-state index in [1.165, 1.54) is 22.4 Å². The van der Waals surface area contributed by atoms with E-state index in [0.29, 0.717) is 12.0 Å². The van der Waals surface area contributed by atoms with Crippen molar-refractivity contribution in [3.05, 3.63) is 28.8 Å². The number of hydrogen-bond donors (Lipinski definition) is 1. The second-order valence-corrected chi connectivity index (χ2v) is 4.98. The molecule has 0 heterocycles. The average molecular weight is 205 g/mol. The van der Waals surface area contributed by atoms with Crippen LogP contribution in [0.2, 0.25) is 0 Å². The lowest BCUT2D eigenvalue weighted by atomic mass is 9.93. The average Bonchev–Trinajstić information content (AvgIpc) is 1.99. The molecule has 0 spiro atoms. The summed E-state index contributed by atoms with van der Waals surface area (Å²) in [6, 6.07) is 5.00. The lowest BCUT2D eigenvalue weighted by Gasteiger charge is -2.17. The van der Waals surface area contributed by atoms with E-state index in [0.717, 1.165) is 0 Å². The molecule has 0 saturated heterocycles. The van der Waals surface area contributed by atoms with Crippen molar-refractivity contribution in [2.24, 2.45) is 0 Å². The first-order valence-corrected chi connectivity index (χ1v) is 5.79. The van der Waals surface area contributed by atoms with Crippen LogP contribution in [0.4, 0.5) is 5.69 Å². The third-order valence-corrected chi connectivity index (χ3v) is 2.63. The van der Waals surface area contributed by atoms with Gasteiger partial charge in [-0.1, -0.05) is 13.8 Å². The molecular formula is C14H23N. The largest absolute Gasteiger partial charge is 0.383 e. The molecule has 0 aliphatic rings. The van der Waals surface area contributed by atoms with E-state index in [-0.39, 0.29) is 0 Å². The Morgan fingerprint density at radius 2 is 1.40 bits per heavy atom. The highest BCUT2D eigenvalue weighted by Crippen LogP contribution is 2.26. The molecule has 1 N–H and O–H groups in total. The van der Waals surface area contributed by atoms with Crippen molar-refractivity contribution < 1.29 is 0 Å². The van der Waals surface area contributed by atoms with Gasteiger partial charge in [0.2, 0.25) is 0 Å². The predicted molar refractivity (Wildman–Crippen MR) is 68.8 cm³/mol. The summed E-state index contributed by atoms with van der Waals surface area (Å²) in [5.74, 6) is 0.609. The molecule has 0 atom stereocenters. The minimum Gasteiger partial charge on any atom is -0.383 e. The molecule has 0 aliphatic carbocycles. The van der Waals surface area contributed by atoms with Gasteiger partial charge in [-0.05, 0) is 62.4 Å². The van der Waals surface area contributed by atoms with Crippen LogP contribution in [-0.4, -0.2) is 6.04 Å². The normalized spacial score (nSPS) is 11.2. The summed E-state index contributed by atoms with van der Waals surface area (Å²) in [5.41, 5.74) is 5.52. The van der Waals surface area contributed by atoms with Gasteiger partial charge in [0, 0.05) is 11.7 Å². The molecule has 0 amide bonds. The number of aryl methyl sites for hydroxylation is 2. The standard InChI is InChI=1S/C14H23N/c1-9(2)14-11(5)7-13(8-12(14)6)15-10(3)4/h7-10,15H,1-6H3. The van der Waals surface area contributed by atoms with Gasteiger partial charge < -0.3 is 5.32 Å². The van der Waals surface area contributed by atoms with E-state index in [9.17, 15) is 0 Å². The number of benzene rings is 1. The Hall–Kier alpha value is -0.980. The summed E-state index contributed by atoms with van der Waals surface area (Å²) in [6.45, 7) is 13.2. The lowest BCUT2D eigenvalue weighted by Crippen LogP contribution is -2.10. The fourth-order valence-electron chi connectivity index (χ4n) is 2.30. The number of nitrogens with one attached hydrogen (secondary N) is 1. The van der Waals surface area contributed by atoms with Gasteiger partial charge in [-0.3, -0.25) is 0 Å². The van der Waals surface area contributed by atoms with Crippen molar-refractivity contribution in [1.29, 1.82) is 0 Å². The van der Waals surface area contributed by atoms with Crippen molar-refractivity contribution in [2.75, 3.05) is 5.32 Å². The summed E-state index contributed by atoms with van der Waals surface area (Å²) in [5, 5.41) is 3.45. The van der Waals surface area contributed by atoms with E-state index in [2.05, 4.69) is 59.0 Å². The number of hydrogen-bond acceptors (Lipinski definition) is 1. The molecule has 1 aromatic rings. The van der Waals surface area contributed by atoms with Gasteiger partial charge in [0.05, 0.1) is 0 Å². The van der Waals surface area contributed by atoms with E-state index in [4.69, 9.17) is 0 Å². The molecule has 84 valence electrons. The summed E-state index contributed by atoms with van der Waals surface area (Å²) < 4.78 is 0. The van der Waals surface area contributed by atoms with Crippen molar-refractivity contribution in [3.63, 3.8) is 0 Å². The smallest absolute Gasteiger partial charge is 0.0347 e. The van der Waals surface area contributed by atoms with Crippen molar-refractivity contribution in [1.82, 2.24) is 0 Å². The second-order valence-electron chi connectivity index (χ2n) is 4.98. The molecule has 1 nitrogen and oxygen atoms in total. The Morgan fingerprint density at radius 1 is 0.933 bits per heavy atom. The maximum atomic E-state index is 3.45. The molecule has 0 aliphatic heterocycles. The van der Waals surface area contributed by atoms with E-state index < -0.39 is 0 Å². The maximum absolute atomic E-state index is 3.45. The SMILES string of the molecule is Cc1cc(NC(C)C)cc(C)c1C(C)C. The van der Waals surface area contributed by atoms with Crippen LogP contribution in [0.15, 0.2) is 12.1 Å². The molecule has 0 radical (unpaired) electrons. The Kier molecular flexibility index (Phi) is 3.78. The van der Waals surface area contributed by atoms with Crippen molar-refractivity contribution in [2.45, 2.75) is 53.5 Å². The molecule has 0 aromatic heterocycles. The van der Waals surface area contributed by atoms with Crippen LogP contribution in [-0.2, 0) is 0 Å². The van der Waals surface area contributed by atoms with Crippen LogP contribution >= 0.6 is 0 Å². The Labute approximate surface area is 93.9 Å². The van der Waals surface area contributed by atoms with Crippen molar-refractivity contribution in [3.8, 4) is 0 Å². The van der Waals surface area contributed by atoms with Gasteiger partial charge in [-0.2, -0.15) is 0 Å². The van der Waals surface area contributed by atoms with Crippen LogP contribution in [0.5, 0.6) is 0 Å². The topological polar surface area (TPSA) is 12.0 Å². The molecule has 1 rings (SSSR count). The van der Waals surface area contributed by atoms with Gasteiger partial charge in [0.15, 0.2) is 0 Å². The maximum Gasteiger partial charge on any atom is 0.0347 e. The fraction of sp³-hybridized carbons (Fsp3) is 0.571. The predicted octanol–water partition coefficient (Wildman–Crippen LogP) is 4.25. The summed E-state index contributed by atoms with van der Waals surface area (Å²) in [7, 11) is 0. The van der Waals surface area contributed by atoms with Crippen LogP contribution in [0.1, 0.15) is 50.3 Å². The van der Waals surface area contributed by atoms with E-state index in [1.807, 2.05) is 0 Å². The summed E-state index contributed by atoms with van der Waals surface area (Å²) in [6.07, 6.45) is 0. The number of anilines is 1. The van der Waals surface area contributed by atoms with Crippen LogP contribution in [0.3, 0.4) is 0 Å². The molecule has 1 heteroatoms.